The molecule has 0 unspecified atom stereocenters. The van der Waals surface area contributed by atoms with Crippen LogP contribution in [0.1, 0.15) is 10.5 Å². The van der Waals surface area contributed by atoms with Crippen molar-refractivity contribution in [3.63, 3.8) is 0 Å². The molecule has 3 rings (SSSR count). The van der Waals surface area contributed by atoms with Gasteiger partial charge in [-0.15, -0.1) is 5.10 Å². The number of carbonyl (C=O) groups is 1. The van der Waals surface area contributed by atoms with Crippen molar-refractivity contribution in [2.75, 3.05) is 11.6 Å². The Bertz CT molecular complexity index is 988. The van der Waals surface area contributed by atoms with Gasteiger partial charge in [-0.2, -0.15) is 5.10 Å². The second-order valence-electron chi connectivity index (χ2n) is 5.00. The van der Waals surface area contributed by atoms with Crippen LogP contribution in [0.4, 0.5) is 6.01 Å². The van der Waals surface area contributed by atoms with E-state index in [0.29, 0.717) is 11.3 Å². The van der Waals surface area contributed by atoms with Gasteiger partial charge in [-0.05, 0) is 30.3 Å². The molecule has 0 fully saturated rings. The molecule has 0 saturated carbocycles. The zero-order chi connectivity index (χ0) is 17.3. The largest absolute Gasteiger partial charge is 0.403 e. The maximum atomic E-state index is 12.0. The number of benzene rings is 1. The summed E-state index contributed by atoms with van der Waals surface area (Å²) in [4.78, 5) is 12.2. The fraction of sp³-hybridized carbons (Fsp3) is 0.143. The van der Waals surface area contributed by atoms with Crippen LogP contribution in [0.5, 0.6) is 0 Å². The number of amides is 1. The van der Waals surface area contributed by atoms with E-state index in [1.165, 1.54) is 23.0 Å². The second kappa shape index (κ2) is 5.89. The molecular formula is C14H13N5O4S. The van der Waals surface area contributed by atoms with Crippen LogP contribution in [-0.4, -0.2) is 40.6 Å². The maximum absolute atomic E-state index is 12.0. The first-order valence-corrected chi connectivity index (χ1v) is 8.67. The predicted molar refractivity (Wildman–Crippen MR) is 84.0 cm³/mol. The molecule has 124 valence electrons. The molecule has 1 N–H and O–H groups in total. The molecule has 9 nitrogen and oxygen atoms in total. The molecule has 0 spiro atoms. The molecule has 0 radical (unpaired) electrons. The number of aromatic nitrogens is 4. The number of anilines is 1. The van der Waals surface area contributed by atoms with Crippen LogP contribution in [0.2, 0.25) is 0 Å². The number of aryl methyl sites for hydroxylation is 1. The molecule has 2 heterocycles. The quantitative estimate of drug-likeness (QED) is 0.751. The average molecular weight is 347 g/mol. The summed E-state index contributed by atoms with van der Waals surface area (Å²) in [7, 11) is -1.64. The molecule has 0 atom stereocenters. The first-order chi connectivity index (χ1) is 11.3. The summed E-state index contributed by atoms with van der Waals surface area (Å²) in [6.07, 6.45) is 2.62. The summed E-state index contributed by atoms with van der Waals surface area (Å²) in [5.41, 5.74) is 0.878. The summed E-state index contributed by atoms with van der Waals surface area (Å²) >= 11 is 0. The van der Waals surface area contributed by atoms with Gasteiger partial charge >= 0.3 is 6.01 Å². The van der Waals surface area contributed by atoms with Gasteiger partial charge in [-0.3, -0.25) is 14.8 Å². The minimum Gasteiger partial charge on any atom is -0.403 e. The summed E-state index contributed by atoms with van der Waals surface area (Å²) in [5.74, 6) is -0.270. The Balaban J connectivity index is 1.78. The third kappa shape index (κ3) is 3.18. The second-order valence-corrected chi connectivity index (χ2v) is 7.02. The predicted octanol–water partition coefficient (Wildman–Crippen LogP) is 1.13. The van der Waals surface area contributed by atoms with Gasteiger partial charge in [0, 0.05) is 25.1 Å². The van der Waals surface area contributed by atoms with Gasteiger partial charge in [-0.1, -0.05) is 5.10 Å². The Morgan fingerprint density at radius 1 is 1.17 bits per heavy atom. The first kappa shape index (κ1) is 15.9. The molecular weight excluding hydrogens is 334 g/mol. The molecule has 2 aromatic heterocycles. The third-order valence-electron chi connectivity index (χ3n) is 3.23. The number of hydrogen-bond acceptors (Lipinski definition) is 7. The molecule has 0 saturated heterocycles. The Hall–Kier alpha value is -3.01. The van der Waals surface area contributed by atoms with Gasteiger partial charge in [0.15, 0.2) is 9.84 Å². The van der Waals surface area contributed by atoms with Gasteiger partial charge in [0.05, 0.1) is 4.90 Å². The molecule has 0 bridgehead atoms. The molecule has 0 aliphatic rings. The SMILES string of the molecule is Cn1nccc1C(=O)Nc1nnc(-c2ccc(S(C)(=O)=O)cc2)o1. The van der Waals surface area contributed by atoms with Crippen LogP contribution in [0.25, 0.3) is 11.5 Å². The van der Waals surface area contributed by atoms with Crippen molar-refractivity contribution in [1.82, 2.24) is 20.0 Å². The summed E-state index contributed by atoms with van der Waals surface area (Å²) in [6, 6.07) is 7.48. The number of carbonyl (C=O) groups excluding carboxylic acids is 1. The maximum Gasteiger partial charge on any atom is 0.322 e. The Morgan fingerprint density at radius 2 is 1.88 bits per heavy atom. The van der Waals surface area contributed by atoms with Crippen LogP contribution in [-0.2, 0) is 16.9 Å². The molecule has 1 aromatic carbocycles. The highest BCUT2D eigenvalue weighted by molar-refractivity contribution is 7.90. The monoisotopic (exact) mass is 347 g/mol. The van der Waals surface area contributed by atoms with E-state index in [2.05, 4.69) is 20.6 Å². The van der Waals surface area contributed by atoms with E-state index in [1.54, 1.807) is 25.2 Å². The van der Waals surface area contributed by atoms with E-state index < -0.39 is 15.7 Å². The van der Waals surface area contributed by atoms with Gasteiger partial charge < -0.3 is 4.42 Å². The number of hydrogen-bond donors (Lipinski definition) is 1. The molecule has 0 aliphatic heterocycles. The van der Waals surface area contributed by atoms with E-state index in [0.717, 1.165) is 6.26 Å². The van der Waals surface area contributed by atoms with Crippen molar-refractivity contribution >= 4 is 21.8 Å². The number of nitrogens with zero attached hydrogens (tertiary/aromatic N) is 4. The molecule has 24 heavy (non-hydrogen) atoms. The van der Waals surface area contributed by atoms with E-state index in [1.807, 2.05) is 0 Å². The average Bonchev–Trinajstić information content (AvgIpc) is 3.15. The van der Waals surface area contributed by atoms with Crippen LogP contribution >= 0.6 is 0 Å². The highest BCUT2D eigenvalue weighted by Crippen LogP contribution is 2.21. The van der Waals surface area contributed by atoms with Gasteiger partial charge in [0.25, 0.3) is 5.91 Å². The molecule has 0 aliphatic carbocycles. The fourth-order valence-corrected chi connectivity index (χ4v) is 2.62. The lowest BCUT2D eigenvalue weighted by Gasteiger charge is -2.00. The smallest absolute Gasteiger partial charge is 0.322 e. The summed E-state index contributed by atoms with van der Waals surface area (Å²) in [6.45, 7) is 0. The number of rotatable bonds is 4. The summed E-state index contributed by atoms with van der Waals surface area (Å²) in [5, 5.41) is 14.0. The molecule has 1 amide bonds. The van der Waals surface area contributed by atoms with Crippen LogP contribution in [0.3, 0.4) is 0 Å². The van der Waals surface area contributed by atoms with E-state index in [4.69, 9.17) is 4.42 Å². The topological polar surface area (TPSA) is 120 Å². The lowest BCUT2D eigenvalue weighted by atomic mass is 10.2. The van der Waals surface area contributed by atoms with Crippen molar-refractivity contribution in [3.8, 4) is 11.5 Å². The minimum atomic E-state index is -3.27. The van der Waals surface area contributed by atoms with Crippen molar-refractivity contribution in [2.24, 2.45) is 7.05 Å². The van der Waals surface area contributed by atoms with Crippen molar-refractivity contribution < 1.29 is 17.6 Å². The Morgan fingerprint density at radius 3 is 2.46 bits per heavy atom. The minimum absolute atomic E-state index is 0.0663. The number of sulfone groups is 1. The Labute approximate surface area is 137 Å². The number of nitrogens with one attached hydrogen (secondary N) is 1. The van der Waals surface area contributed by atoms with Crippen LogP contribution in [0, 0.1) is 0 Å². The summed E-state index contributed by atoms with van der Waals surface area (Å²) < 4.78 is 29.7. The van der Waals surface area contributed by atoms with E-state index >= 15 is 0 Å². The lowest BCUT2D eigenvalue weighted by molar-refractivity contribution is 0.101. The van der Waals surface area contributed by atoms with Crippen LogP contribution < -0.4 is 5.32 Å². The zero-order valence-electron chi connectivity index (χ0n) is 12.8. The fourth-order valence-electron chi connectivity index (χ4n) is 1.99. The third-order valence-corrected chi connectivity index (χ3v) is 4.36. The molecule has 10 heteroatoms. The van der Waals surface area contributed by atoms with Crippen LogP contribution in [0.15, 0.2) is 45.8 Å². The van der Waals surface area contributed by atoms with Crippen molar-refractivity contribution in [1.29, 1.82) is 0 Å². The van der Waals surface area contributed by atoms with Crippen molar-refractivity contribution in [3.05, 3.63) is 42.2 Å². The first-order valence-electron chi connectivity index (χ1n) is 6.78. The van der Waals surface area contributed by atoms with E-state index in [9.17, 15) is 13.2 Å². The van der Waals surface area contributed by atoms with E-state index in [-0.39, 0.29) is 16.8 Å². The zero-order valence-corrected chi connectivity index (χ0v) is 13.6. The van der Waals surface area contributed by atoms with Gasteiger partial charge in [0.2, 0.25) is 5.89 Å². The lowest BCUT2D eigenvalue weighted by Crippen LogP contribution is -2.16. The highest BCUT2D eigenvalue weighted by atomic mass is 32.2. The highest BCUT2D eigenvalue weighted by Gasteiger charge is 2.15. The standard InChI is InChI=1S/C14H13N5O4S/c1-19-11(7-8-15-19)12(20)16-14-18-17-13(23-14)9-3-5-10(6-4-9)24(2,21)22/h3-8H,1-2H3,(H,16,18,20). The molecule has 3 aromatic rings. The van der Waals surface area contributed by atoms with Gasteiger partial charge in [0.1, 0.15) is 5.69 Å². The van der Waals surface area contributed by atoms with Gasteiger partial charge in [-0.25, -0.2) is 8.42 Å². The Kier molecular flexibility index (Phi) is 3.89. The normalized spacial score (nSPS) is 11.4. The van der Waals surface area contributed by atoms with Crippen molar-refractivity contribution in [2.45, 2.75) is 4.90 Å².